The topological polar surface area (TPSA) is 80.8 Å². The lowest BCUT2D eigenvalue weighted by atomic mass is 10.2. The van der Waals surface area contributed by atoms with E-state index in [1.807, 2.05) is 6.26 Å². The van der Waals surface area contributed by atoms with E-state index in [1.165, 1.54) is 23.8 Å². The molecule has 0 bridgehead atoms. The molecule has 1 aliphatic heterocycles. The molecular formula is C14H17N3O4S. The molecule has 1 N–H and O–H groups in total. The normalized spacial score (nSPS) is 16.6. The summed E-state index contributed by atoms with van der Waals surface area (Å²) in [5.74, 6) is 1.00. The molecule has 2 rings (SSSR count). The van der Waals surface area contributed by atoms with Crippen LogP contribution in [0.3, 0.4) is 0 Å². The largest absolute Gasteiger partial charge is 0.481 e. The van der Waals surface area contributed by atoms with E-state index < -0.39 is 12.1 Å². The van der Waals surface area contributed by atoms with Crippen molar-refractivity contribution in [3.63, 3.8) is 0 Å². The van der Waals surface area contributed by atoms with Gasteiger partial charge in [0.05, 0.1) is 18.6 Å². The Bertz CT molecular complexity index is 620. The SMILES string of the molecule is C=C(C)OC(=O)N1c2nc(OC)ccc2NC(=O)C1CSC. The first-order valence-electron chi connectivity index (χ1n) is 6.49. The maximum absolute atomic E-state index is 12.4. The number of pyridine rings is 1. The number of amides is 2. The summed E-state index contributed by atoms with van der Waals surface area (Å²) in [6.45, 7) is 5.11. The first kappa shape index (κ1) is 16.2. The van der Waals surface area contributed by atoms with Crippen LogP contribution in [0.4, 0.5) is 16.3 Å². The minimum atomic E-state index is -0.714. The lowest BCUT2D eigenvalue weighted by Crippen LogP contribution is -2.53. The summed E-state index contributed by atoms with van der Waals surface area (Å²) in [6, 6.07) is 2.53. The number of aromatic nitrogens is 1. The zero-order valence-electron chi connectivity index (χ0n) is 12.6. The van der Waals surface area contributed by atoms with Crippen molar-refractivity contribution < 1.29 is 19.1 Å². The second kappa shape index (κ2) is 6.69. The van der Waals surface area contributed by atoms with E-state index in [4.69, 9.17) is 9.47 Å². The van der Waals surface area contributed by atoms with Gasteiger partial charge in [0, 0.05) is 11.8 Å². The molecule has 0 radical (unpaired) electrons. The van der Waals surface area contributed by atoms with Crippen LogP contribution < -0.4 is 15.0 Å². The number of carbonyl (C=O) groups is 2. The van der Waals surface area contributed by atoms with Crippen LogP contribution in [0.1, 0.15) is 6.92 Å². The number of fused-ring (bicyclic) bond motifs is 1. The number of rotatable bonds is 4. The minimum absolute atomic E-state index is 0.239. The Kier molecular flexibility index (Phi) is 4.92. The van der Waals surface area contributed by atoms with Gasteiger partial charge in [-0.2, -0.15) is 16.7 Å². The fourth-order valence-corrected chi connectivity index (χ4v) is 2.64. The van der Waals surface area contributed by atoms with Gasteiger partial charge >= 0.3 is 6.09 Å². The van der Waals surface area contributed by atoms with Gasteiger partial charge in [0.15, 0.2) is 5.82 Å². The van der Waals surface area contributed by atoms with Gasteiger partial charge in [0.2, 0.25) is 11.8 Å². The molecule has 1 aromatic rings. The Morgan fingerprint density at radius 3 is 2.86 bits per heavy atom. The average Bonchev–Trinajstić information content (AvgIpc) is 2.46. The van der Waals surface area contributed by atoms with Crippen molar-refractivity contribution in [2.75, 3.05) is 29.3 Å². The summed E-state index contributed by atoms with van der Waals surface area (Å²) in [6.07, 6.45) is 1.16. The number of hydrogen-bond donors (Lipinski definition) is 1. The Balaban J connectivity index is 2.49. The van der Waals surface area contributed by atoms with E-state index in [0.29, 0.717) is 23.1 Å². The first-order chi connectivity index (χ1) is 10.5. The lowest BCUT2D eigenvalue weighted by Gasteiger charge is -2.34. The van der Waals surface area contributed by atoms with E-state index in [-0.39, 0.29) is 11.7 Å². The maximum atomic E-state index is 12.4. The van der Waals surface area contributed by atoms with Crippen LogP contribution in [0.2, 0.25) is 0 Å². The summed E-state index contributed by atoms with van der Waals surface area (Å²) in [7, 11) is 1.48. The maximum Gasteiger partial charge on any atom is 0.421 e. The number of hydrogen-bond acceptors (Lipinski definition) is 6. The van der Waals surface area contributed by atoms with Crippen LogP contribution >= 0.6 is 11.8 Å². The van der Waals surface area contributed by atoms with Gasteiger partial charge in [0.1, 0.15) is 6.04 Å². The molecule has 7 nitrogen and oxygen atoms in total. The Morgan fingerprint density at radius 2 is 2.27 bits per heavy atom. The minimum Gasteiger partial charge on any atom is -0.481 e. The highest BCUT2D eigenvalue weighted by atomic mass is 32.2. The third-order valence-electron chi connectivity index (χ3n) is 2.94. The standard InChI is InChI=1S/C14H17N3O4S/c1-8(2)21-14(19)17-10(7-22-4)13(18)15-9-5-6-11(20-3)16-12(9)17/h5-6,10H,1,7H2,2-4H3,(H,15,18). The molecule has 1 aromatic heterocycles. The van der Waals surface area contributed by atoms with Crippen LogP contribution in [0, 0.1) is 0 Å². The third-order valence-corrected chi connectivity index (χ3v) is 3.59. The zero-order valence-corrected chi connectivity index (χ0v) is 13.4. The Labute approximate surface area is 132 Å². The molecule has 0 spiro atoms. The second-order valence-electron chi connectivity index (χ2n) is 4.63. The number of nitrogens with zero attached hydrogens (tertiary/aromatic N) is 2. The van der Waals surface area contributed by atoms with E-state index in [2.05, 4.69) is 16.9 Å². The summed E-state index contributed by atoms with van der Waals surface area (Å²) in [5.41, 5.74) is 0.432. The molecule has 118 valence electrons. The fourth-order valence-electron chi connectivity index (χ4n) is 2.03. The fraction of sp³-hybridized carbons (Fsp3) is 0.357. The highest BCUT2D eigenvalue weighted by molar-refractivity contribution is 7.98. The molecule has 2 amide bonds. The summed E-state index contributed by atoms with van der Waals surface area (Å²) in [5, 5.41) is 2.74. The quantitative estimate of drug-likeness (QED) is 0.856. The molecule has 1 aliphatic rings. The van der Waals surface area contributed by atoms with Crippen molar-refractivity contribution >= 4 is 35.3 Å². The molecular weight excluding hydrogens is 306 g/mol. The van der Waals surface area contributed by atoms with E-state index in [9.17, 15) is 9.59 Å². The van der Waals surface area contributed by atoms with Gasteiger partial charge in [-0.15, -0.1) is 0 Å². The molecule has 0 aromatic carbocycles. The lowest BCUT2D eigenvalue weighted by molar-refractivity contribution is -0.117. The van der Waals surface area contributed by atoms with Crippen molar-refractivity contribution in [3.05, 3.63) is 24.5 Å². The summed E-state index contributed by atoms with van der Waals surface area (Å²) < 4.78 is 10.2. The number of anilines is 2. The van der Waals surface area contributed by atoms with Crippen molar-refractivity contribution in [2.24, 2.45) is 0 Å². The highest BCUT2D eigenvalue weighted by Crippen LogP contribution is 2.33. The number of thioether (sulfide) groups is 1. The second-order valence-corrected chi connectivity index (χ2v) is 5.54. The van der Waals surface area contributed by atoms with Crippen LogP contribution in [-0.4, -0.2) is 42.1 Å². The molecule has 0 saturated heterocycles. The summed E-state index contributed by atoms with van der Waals surface area (Å²) >= 11 is 1.44. The smallest absolute Gasteiger partial charge is 0.421 e. The van der Waals surface area contributed by atoms with Crippen LogP contribution in [0.25, 0.3) is 0 Å². The molecule has 8 heteroatoms. The molecule has 1 unspecified atom stereocenters. The molecule has 0 aliphatic carbocycles. The van der Waals surface area contributed by atoms with E-state index in [1.54, 1.807) is 19.1 Å². The van der Waals surface area contributed by atoms with Crippen molar-refractivity contribution in [2.45, 2.75) is 13.0 Å². The number of methoxy groups -OCH3 is 1. The van der Waals surface area contributed by atoms with Gasteiger partial charge in [-0.3, -0.25) is 4.79 Å². The highest BCUT2D eigenvalue weighted by Gasteiger charge is 2.39. The van der Waals surface area contributed by atoms with Crippen molar-refractivity contribution in [1.82, 2.24) is 4.98 Å². The first-order valence-corrected chi connectivity index (χ1v) is 7.88. The summed E-state index contributed by atoms with van der Waals surface area (Å²) in [4.78, 5) is 30.1. The van der Waals surface area contributed by atoms with Crippen LogP contribution in [0.15, 0.2) is 24.5 Å². The average molecular weight is 323 g/mol. The molecule has 1 atom stereocenters. The van der Waals surface area contributed by atoms with Crippen molar-refractivity contribution in [1.29, 1.82) is 0 Å². The number of allylic oxidation sites excluding steroid dienone is 1. The van der Waals surface area contributed by atoms with Crippen molar-refractivity contribution in [3.8, 4) is 5.88 Å². The van der Waals surface area contributed by atoms with Crippen LogP contribution in [0.5, 0.6) is 5.88 Å². The molecule has 0 fully saturated rings. The van der Waals surface area contributed by atoms with Gasteiger partial charge in [-0.25, -0.2) is 9.69 Å². The predicted octanol–water partition coefficient (Wildman–Crippen LogP) is 2.25. The van der Waals surface area contributed by atoms with E-state index >= 15 is 0 Å². The molecule has 0 saturated carbocycles. The van der Waals surface area contributed by atoms with Crippen LogP contribution in [-0.2, 0) is 9.53 Å². The van der Waals surface area contributed by atoms with Gasteiger partial charge in [0.25, 0.3) is 0 Å². The Hall–Kier alpha value is -2.22. The Morgan fingerprint density at radius 1 is 1.55 bits per heavy atom. The van der Waals surface area contributed by atoms with E-state index in [0.717, 1.165) is 0 Å². The molecule has 2 heterocycles. The zero-order chi connectivity index (χ0) is 16.3. The third kappa shape index (κ3) is 3.16. The predicted molar refractivity (Wildman–Crippen MR) is 85.4 cm³/mol. The number of nitrogens with one attached hydrogen (secondary N) is 1. The van der Waals surface area contributed by atoms with Gasteiger partial charge < -0.3 is 14.8 Å². The number of carbonyl (C=O) groups excluding carboxylic acids is 2. The van der Waals surface area contributed by atoms with Gasteiger partial charge in [-0.1, -0.05) is 6.58 Å². The molecule has 22 heavy (non-hydrogen) atoms. The van der Waals surface area contributed by atoms with Gasteiger partial charge in [-0.05, 0) is 19.2 Å². The number of ether oxygens (including phenoxy) is 2. The monoisotopic (exact) mass is 323 g/mol.